The summed E-state index contributed by atoms with van der Waals surface area (Å²) < 4.78 is 12.8. The van der Waals surface area contributed by atoms with Crippen LogP contribution >= 0.6 is 15.9 Å². The number of aliphatic hydroxyl groups excluding tert-OH is 1. The zero-order valence-corrected chi connectivity index (χ0v) is 20.5. The van der Waals surface area contributed by atoms with E-state index in [9.17, 15) is 5.11 Å². The van der Waals surface area contributed by atoms with Crippen molar-refractivity contribution in [2.24, 2.45) is 5.92 Å². The van der Waals surface area contributed by atoms with Gasteiger partial charge in [0, 0.05) is 38.6 Å². The number of aliphatic hydroxyl groups is 1. The van der Waals surface area contributed by atoms with Gasteiger partial charge in [0.15, 0.2) is 11.5 Å². The molecule has 0 aromatic heterocycles. The first-order chi connectivity index (χ1) is 15.7. The summed E-state index contributed by atoms with van der Waals surface area (Å²) in [5.74, 6) is 1.99. The number of nitrogens with one attached hydrogen (secondary N) is 1. The van der Waals surface area contributed by atoms with Gasteiger partial charge in [0.1, 0.15) is 6.61 Å². The van der Waals surface area contributed by atoms with Crippen LogP contribution in [0.5, 0.6) is 11.5 Å². The molecule has 3 unspecified atom stereocenters. The Hall–Kier alpha value is -1.60. The molecule has 0 radical (unpaired) electrons. The molecule has 0 bridgehead atoms. The third-order valence-electron chi connectivity index (χ3n) is 6.87. The number of methoxy groups -OCH3 is 1. The first-order valence-corrected chi connectivity index (χ1v) is 12.6. The molecule has 0 spiro atoms. The van der Waals surface area contributed by atoms with Crippen molar-refractivity contribution in [2.75, 3.05) is 39.8 Å². The van der Waals surface area contributed by atoms with Crippen molar-refractivity contribution >= 4 is 15.9 Å². The zero-order valence-electron chi connectivity index (χ0n) is 18.9. The molecule has 2 N–H and O–H groups in total. The quantitative estimate of drug-likeness (QED) is 0.553. The van der Waals surface area contributed by atoms with Gasteiger partial charge in [0.05, 0.1) is 17.7 Å². The predicted octanol–water partition coefficient (Wildman–Crippen LogP) is 4.58. The van der Waals surface area contributed by atoms with Crippen LogP contribution in [-0.2, 0) is 6.61 Å². The lowest BCUT2D eigenvalue weighted by Gasteiger charge is -2.39. The molecular formula is C26H35BrN2O3. The van der Waals surface area contributed by atoms with Crippen LogP contribution in [0.4, 0.5) is 0 Å². The van der Waals surface area contributed by atoms with Crippen LogP contribution in [0.15, 0.2) is 46.9 Å². The molecule has 2 fully saturated rings. The molecule has 1 aliphatic heterocycles. The maximum atomic E-state index is 10.9. The molecule has 1 heterocycles. The molecule has 1 saturated heterocycles. The third kappa shape index (κ3) is 5.84. The largest absolute Gasteiger partial charge is 0.493 e. The summed E-state index contributed by atoms with van der Waals surface area (Å²) in [7, 11) is 1.70. The molecule has 2 aromatic rings. The average molecular weight is 503 g/mol. The van der Waals surface area contributed by atoms with Crippen LogP contribution in [0.1, 0.15) is 42.7 Å². The fraction of sp³-hybridized carbons (Fsp3) is 0.538. The zero-order chi connectivity index (χ0) is 22.3. The lowest BCUT2D eigenvalue weighted by atomic mass is 9.74. The lowest BCUT2D eigenvalue weighted by molar-refractivity contribution is 0.0447. The van der Waals surface area contributed by atoms with Gasteiger partial charge in [-0.2, -0.15) is 0 Å². The Morgan fingerprint density at radius 1 is 1.12 bits per heavy atom. The summed E-state index contributed by atoms with van der Waals surface area (Å²) in [6, 6.07) is 14.5. The Labute approximate surface area is 200 Å². The Morgan fingerprint density at radius 3 is 2.59 bits per heavy atom. The van der Waals surface area contributed by atoms with Crippen LogP contribution in [-0.4, -0.2) is 55.9 Å². The lowest BCUT2D eigenvalue weighted by Crippen LogP contribution is -2.46. The molecule has 2 aliphatic rings. The summed E-state index contributed by atoms with van der Waals surface area (Å²) >= 11 is 3.75. The van der Waals surface area contributed by atoms with Gasteiger partial charge in [-0.15, -0.1) is 0 Å². The fourth-order valence-electron chi connectivity index (χ4n) is 5.09. The van der Waals surface area contributed by atoms with E-state index in [1.807, 2.05) is 18.2 Å². The maximum absolute atomic E-state index is 10.9. The summed E-state index contributed by atoms with van der Waals surface area (Å²) in [5.41, 5.74) is 2.33. The molecular weight excluding hydrogens is 468 g/mol. The molecule has 1 saturated carbocycles. The molecule has 4 rings (SSSR count). The van der Waals surface area contributed by atoms with Crippen molar-refractivity contribution in [3.05, 3.63) is 58.1 Å². The number of halogens is 1. The highest BCUT2D eigenvalue weighted by atomic mass is 79.9. The van der Waals surface area contributed by atoms with Gasteiger partial charge in [-0.05, 0) is 57.9 Å². The van der Waals surface area contributed by atoms with Crippen LogP contribution < -0.4 is 14.8 Å². The molecule has 0 amide bonds. The second kappa shape index (κ2) is 11.5. The Balaban J connectivity index is 1.60. The standard InChI is InChI=1S/C26H35BrN2O3/c1-31-25-16-20(15-23(27)26(25)32-18-19-7-3-2-4-8-19)22(17-29-13-11-28-12-14-29)21-9-5-6-10-24(21)30/h2-4,7-8,15-16,21-22,24,28,30H,5-6,9-14,17-18H2,1H3. The maximum Gasteiger partial charge on any atom is 0.175 e. The van der Waals surface area contributed by atoms with E-state index in [0.29, 0.717) is 6.61 Å². The molecule has 174 valence electrons. The van der Waals surface area contributed by atoms with E-state index in [1.165, 1.54) is 12.0 Å². The number of hydrogen-bond acceptors (Lipinski definition) is 5. The second-order valence-electron chi connectivity index (χ2n) is 8.98. The number of benzene rings is 2. The first kappa shape index (κ1) is 23.6. The monoisotopic (exact) mass is 502 g/mol. The van der Waals surface area contributed by atoms with Gasteiger partial charge in [0.25, 0.3) is 0 Å². The van der Waals surface area contributed by atoms with Crippen LogP contribution in [0.3, 0.4) is 0 Å². The van der Waals surface area contributed by atoms with Gasteiger partial charge in [0.2, 0.25) is 0 Å². The molecule has 6 heteroatoms. The minimum absolute atomic E-state index is 0.240. The average Bonchev–Trinajstić information content (AvgIpc) is 2.83. The first-order valence-electron chi connectivity index (χ1n) is 11.8. The normalized spacial score (nSPS) is 23.0. The highest BCUT2D eigenvalue weighted by Crippen LogP contribution is 2.43. The van der Waals surface area contributed by atoms with Gasteiger partial charge in [-0.25, -0.2) is 0 Å². The molecule has 32 heavy (non-hydrogen) atoms. The van der Waals surface area contributed by atoms with Crippen molar-refractivity contribution in [3.63, 3.8) is 0 Å². The number of rotatable bonds is 8. The Kier molecular flexibility index (Phi) is 8.47. The van der Waals surface area contributed by atoms with Gasteiger partial charge >= 0.3 is 0 Å². The fourth-order valence-corrected chi connectivity index (χ4v) is 5.67. The van der Waals surface area contributed by atoms with Crippen molar-refractivity contribution in [1.82, 2.24) is 10.2 Å². The molecule has 5 nitrogen and oxygen atoms in total. The van der Waals surface area contributed by atoms with Gasteiger partial charge < -0.3 is 24.8 Å². The van der Waals surface area contributed by atoms with E-state index in [2.05, 4.69) is 50.4 Å². The van der Waals surface area contributed by atoms with Gasteiger partial charge in [-0.3, -0.25) is 0 Å². The molecule has 3 atom stereocenters. The second-order valence-corrected chi connectivity index (χ2v) is 9.84. The predicted molar refractivity (Wildman–Crippen MR) is 131 cm³/mol. The summed E-state index contributed by atoms with van der Waals surface area (Å²) in [6.07, 6.45) is 4.05. The summed E-state index contributed by atoms with van der Waals surface area (Å²) in [4.78, 5) is 2.53. The number of ether oxygens (including phenoxy) is 2. The summed E-state index contributed by atoms with van der Waals surface area (Å²) in [5, 5.41) is 14.3. The van der Waals surface area contributed by atoms with Crippen molar-refractivity contribution in [3.8, 4) is 11.5 Å². The van der Waals surface area contributed by atoms with Crippen molar-refractivity contribution < 1.29 is 14.6 Å². The van der Waals surface area contributed by atoms with Gasteiger partial charge in [-0.1, -0.05) is 43.2 Å². The number of hydrogen-bond donors (Lipinski definition) is 2. The Morgan fingerprint density at radius 2 is 1.88 bits per heavy atom. The van der Waals surface area contributed by atoms with Crippen LogP contribution in [0.25, 0.3) is 0 Å². The van der Waals surface area contributed by atoms with E-state index >= 15 is 0 Å². The summed E-state index contributed by atoms with van der Waals surface area (Å²) in [6.45, 7) is 5.61. The Bertz CT molecular complexity index is 858. The minimum atomic E-state index is -0.240. The van der Waals surface area contributed by atoms with Crippen LogP contribution in [0, 0.1) is 5.92 Å². The van der Waals surface area contributed by atoms with Crippen LogP contribution in [0.2, 0.25) is 0 Å². The van der Waals surface area contributed by atoms with Crippen molar-refractivity contribution in [1.29, 1.82) is 0 Å². The topological polar surface area (TPSA) is 54.0 Å². The number of piperazine rings is 1. The van der Waals surface area contributed by atoms with Crippen molar-refractivity contribution in [2.45, 2.75) is 44.3 Å². The molecule has 2 aromatic carbocycles. The minimum Gasteiger partial charge on any atom is -0.493 e. The van der Waals surface area contributed by atoms with E-state index < -0.39 is 0 Å². The smallest absolute Gasteiger partial charge is 0.175 e. The van der Waals surface area contributed by atoms with E-state index in [-0.39, 0.29) is 17.9 Å². The highest BCUT2D eigenvalue weighted by Gasteiger charge is 2.34. The highest BCUT2D eigenvalue weighted by molar-refractivity contribution is 9.10. The van der Waals surface area contributed by atoms with E-state index in [1.54, 1.807) is 7.11 Å². The SMILES string of the molecule is COc1cc(C(CN2CCNCC2)C2CCCCC2O)cc(Br)c1OCc1ccccc1. The number of nitrogens with zero attached hydrogens (tertiary/aromatic N) is 1. The van der Waals surface area contributed by atoms with E-state index in [0.717, 1.165) is 73.5 Å². The molecule has 1 aliphatic carbocycles. The third-order valence-corrected chi connectivity index (χ3v) is 7.46. The van der Waals surface area contributed by atoms with E-state index in [4.69, 9.17) is 9.47 Å².